The normalized spacial score (nSPS) is 16.6. The maximum atomic E-state index is 15.4. The van der Waals surface area contributed by atoms with Crippen LogP contribution in [0.4, 0.5) is 19.3 Å². The maximum Gasteiger partial charge on any atom is 0.408 e. The van der Waals surface area contributed by atoms with Gasteiger partial charge in [-0.25, -0.2) is 18.4 Å². The molecule has 1 aliphatic heterocycles. The molecule has 1 atom stereocenters. The summed E-state index contributed by atoms with van der Waals surface area (Å²) in [7, 11) is 0. The minimum atomic E-state index is -3.55. The number of ether oxygens (including phenoxy) is 2. The third-order valence-electron chi connectivity index (χ3n) is 5.89. The number of carbonyl (C=O) groups excluding carboxylic acids is 2. The molecule has 10 heteroatoms. The van der Waals surface area contributed by atoms with Gasteiger partial charge in [-0.3, -0.25) is 4.79 Å². The number of rotatable bonds is 6. The quantitative estimate of drug-likeness (QED) is 0.393. The molecule has 1 aliphatic rings. The lowest BCUT2D eigenvalue weighted by molar-refractivity contribution is -0.123. The SMILES string of the molecule is CC(C)(C)OC(=O)NC1CC(F)(F)c2ccc(C(=O)O)cc2N(Cc2ccc(Oc3ccccc3)cc2)C1=O. The average molecular weight is 539 g/mol. The smallest absolute Gasteiger partial charge is 0.408 e. The molecule has 0 aromatic heterocycles. The second-order valence-corrected chi connectivity index (χ2v) is 10.1. The standard InChI is InChI=1S/C29H28F2N2O6/c1-28(2,3)39-27(37)32-23-16-29(30,31)22-14-11-19(26(35)36)15-24(22)33(25(23)34)17-18-9-12-21(13-10-18)38-20-7-5-4-6-8-20/h4-15,23H,16-17H2,1-3H3,(H,32,37)(H,35,36). The molecule has 39 heavy (non-hydrogen) atoms. The largest absolute Gasteiger partial charge is 0.478 e. The number of hydrogen-bond acceptors (Lipinski definition) is 5. The van der Waals surface area contributed by atoms with E-state index in [9.17, 15) is 19.5 Å². The number of aromatic carboxylic acids is 1. The van der Waals surface area contributed by atoms with Crippen LogP contribution in [-0.2, 0) is 22.0 Å². The van der Waals surface area contributed by atoms with Gasteiger partial charge in [-0.05, 0) is 62.7 Å². The molecule has 2 N–H and O–H groups in total. The fourth-order valence-electron chi connectivity index (χ4n) is 4.15. The van der Waals surface area contributed by atoms with Crippen LogP contribution in [0.5, 0.6) is 11.5 Å². The summed E-state index contributed by atoms with van der Waals surface area (Å²) in [5.41, 5.74) is -1.37. The second-order valence-electron chi connectivity index (χ2n) is 10.1. The molecule has 0 spiro atoms. The van der Waals surface area contributed by atoms with Crippen molar-refractivity contribution >= 4 is 23.7 Å². The van der Waals surface area contributed by atoms with Gasteiger partial charge in [0.2, 0.25) is 5.91 Å². The van der Waals surface area contributed by atoms with Crippen LogP contribution in [0.2, 0.25) is 0 Å². The number of benzene rings is 3. The number of nitrogens with one attached hydrogen (secondary N) is 1. The predicted molar refractivity (Wildman–Crippen MR) is 139 cm³/mol. The lowest BCUT2D eigenvalue weighted by Crippen LogP contribution is -2.49. The number of hydrogen-bond donors (Lipinski definition) is 2. The molecule has 4 rings (SSSR count). The van der Waals surface area contributed by atoms with E-state index in [0.29, 0.717) is 17.1 Å². The Balaban J connectivity index is 1.68. The molecule has 3 aromatic carbocycles. The maximum absolute atomic E-state index is 15.4. The molecule has 8 nitrogen and oxygen atoms in total. The number of amides is 2. The molecule has 1 heterocycles. The van der Waals surface area contributed by atoms with Gasteiger partial charge in [0.15, 0.2) is 0 Å². The van der Waals surface area contributed by atoms with Gasteiger partial charge in [-0.2, -0.15) is 0 Å². The lowest BCUT2D eigenvalue weighted by Gasteiger charge is -2.27. The van der Waals surface area contributed by atoms with Crippen molar-refractivity contribution in [2.24, 2.45) is 0 Å². The van der Waals surface area contributed by atoms with Crippen molar-refractivity contribution in [3.8, 4) is 11.5 Å². The minimum Gasteiger partial charge on any atom is -0.478 e. The van der Waals surface area contributed by atoms with Crippen molar-refractivity contribution in [1.82, 2.24) is 5.32 Å². The van der Waals surface area contributed by atoms with E-state index >= 15 is 8.78 Å². The Hall–Kier alpha value is -4.47. The minimum absolute atomic E-state index is 0.164. The Morgan fingerprint density at radius 2 is 1.67 bits per heavy atom. The first-order valence-corrected chi connectivity index (χ1v) is 12.2. The van der Waals surface area contributed by atoms with Gasteiger partial charge in [0.05, 0.1) is 17.8 Å². The highest BCUT2D eigenvalue weighted by Gasteiger charge is 2.46. The number of carboxylic acids is 1. The first-order chi connectivity index (χ1) is 18.3. The number of carbonyl (C=O) groups is 3. The van der Waals surface area contributed by atoms with Crippen LogP contribution in [0.1, 0.15) is 48.7 Å². The summed E-state index contributed by atoms with van der Waals surface area (Å²) >= 11 is 0. The van der Waals surface area contributed by atoms with Crippen molar-refractivity contribution in [3.05, 3.63) is 89.5 Å². The van der Waals surface area contributed by atoms with Crippen LogP contribution < -0.4 is 15.0 Å². The van der Waals surface area contributed by atoms with Gasteiger partial charge in [0, 0.05) is 12.0 Å². The van der Waals surface area contributed by atoms with Crippen molar-refractivity contribution in [2.75, 3.05) is 4.90 Å². The number of para-hydroxylation sites is 1. The van der Waals surface area contributed by atoms with Crippen LogP contribution in [0.25, 0.3) is 0 Å². The summed E-state index contributed by atoms with van der Waals surface area (Å²) < 4.78 is 41.8. The number of nitrogens with zero attached hydrogens (tertiary/aromatic N) is 1. The molecule has 0 bridgehead atoms. The van der Waals surface area contributed by atoms with E-state index in [1.807, 2.05) is 18.2 Å². The molecule has 3 aromatic rings. The highest BCUT2D eigenvalue weighted by Crippen LogP contribution is 2.43. The van der Waals surface area contributed by atoms with Crippen LogP contribution in [0.15, 0.2) is 72.8 Å². The fraction of sp³-hybridized carbons (Fsp3) is 0.276. The highest BCUT2D eigenvalue weighted by molar-refractivity contribution is 6.01. The summed E-state index contributed by atoms with van der Waals surface area (Å²) in [6.45, 7) is 4.66. The van der Waals surface area contributed by atoms with Gasteiger partial charge in [-0.15, -0.1) is 0 Å². The van der Waals surface area contributed by atoms with Gasteiger partial charge < -0.3 is 24.8 Å². The molecule has 2 amide bonds. The van der Waals surface area contributed by atoms with Crippen molar-refractivity contribution in [1.29, 1.82) is 0 Å². The van der Waals surface area contributed by atoms with Crippen molar-refractivity contribution in [3.63, 3.8) is 0 Å². The molecule has 0 aliphatic carbocycles. The summed E-state index contributed by atoms with van der Waals surface area (Å²) in [6, 6.07) is 17.3. The first-order valence-electron chi connectivity index (χ1n) is 12.2. The Labute approximate surface area is 224 Å². The highest BCUT2D eigenvalue weighted by atomic mass is 19.3. The number of anilines is 1. The zero-order valence-corrected chi connectivity index (χ0v) is 21.6. The number of halogens is 2. The molecular weight excluding hydrogens is 510 g/mol. The van der Waals surface area contributed by atoms with E-state index in [-0.39, 0.29) is 17.8 Å². The average Bonchev–Trinajstić information content (AvgIpc) is 2.93. The Morgan fingerprint density at radius 1 is 1.03 bits per heavy atom. The molecule has 0 saturated carbocycles. The number of alkyl halides is 2. The Bertz CT molecular complexity index is 1370. The molecule has 204 valence electrons. The molecule has 0 saturated heterocycles. The Morgan fingerprint density at radius 3 is 2.28 bits per heavy atom. The third-order valence-corrected chi connectivity index (χ3v) is 5.89. The summed E-state index contributed by atoms with van der Waals surface area (Å²) in [6.07, 6.45) is -2.04. The van der Waals surface area contributed by atoms with E-state index in [2.05, 4.69) is 5.32 Å². The zero-order valence-electron chi connectivity index (χ0n) is 21.6. The van der Waals surface area contributed by atoms with E-state index in [0.717, 1.165) is 23.1 Å². The lowest BCUT2D eigenvalue weighted by atomic mass is 9.99. The zero-order chi connectivity index (χ0) is 28.4. The van der Waals surface area contributed by atoms with Gasteiger partial charge in [-0.1, -0.05) is 36.4 Å². The predicted octanol–water partition coefficient (Wildman–Crippen LogP) is 6.10. The van der Waals surface area contributed by atoms with Gasteiger partial charge >= 0.3 is 12.1 Å². The topological polar surface area (TPSA) is 105 Å². The van der Waals surface area contributed by atoms with E-state index in [4.69, 9.17) is 9.47 Å². The van der Waals surface area contributed by atoms with E-state index < -0.39 is 47.5 Å². The number of alkyl carbamates (subject to hydrolysis) is 1. The molecular formula is C29H28F2N2O6. The van der Waals surface area contributed by atoms with Crippen LogP contribution in [0.3, 0.4) is 0 Å². The third kappa shape index (κ3) is 6.70. The van der Waals surface area contributed by atoms with E-state index in [1.54, 1.807) is 57.2 Å². The molecule has 0 radical (unpaired) electrons. The van der Waals surface area contributed by atoms with Crippen molar-refractivity contribution < 1.29 is 37.7 Å². The van der Waals surface area contributed by atoms with Crippen LogP contribution >= 0.6 is 0 Å². The molecule has 1 unspecified atom stereocenters. The van der Waals surface area contributed by atoms with Crippen LogP contribution in [-0.4, -0.2) is 34.7 Å². The first kappa shape index (κ1) is 27.6. The van der Waals surface area contributed by atoms with E-state index in [1.165, 1.54) is 0 Å². The van der Waals surface area contributed by atoms with Crippen molar-refractivity contribution in [2.45, 2.75) is 51.3 Å². The van der Waals surface area contributed by atoms with Crippen LogP contribution in [0, 0.1) is 0 Å². The number of carboxylic acid groups (broad SMARTS) is 1. The van der Waals surface area contributed by atoms with Gasteiger partial charge in [0.1, 0.15) is 23.1 Å². The summed E-state index contributed by atoms with van der Waals surface area (Å²) in [5.74, 6) is -4.56. The summed E-state index contributed by atoms with van der Waals surface area (Å²) in [4.78, 5) is 38.8. The number of fused-ring (bicyclic) bond motifs is 1. The summed E-state index contributed by atoms with van der Waals surface area (Å²) in [5, 5.41) is 11.8. The monoisotopic (exact) mass is 538 g/mol. The second kappa shape index (κ2) is 10.7. The Kier molecular flexibility index (Phi) is 7.58. The fourth-order valence-corrected chi connectivity index (χ4v) is 4.15. The van der Waals surface area contributed by atoms with Gasteiger partial charge in [0.25, 0.3) is 5.92 Å². The molecule has 0 fully saturated rings.